The number of aromatic nitrogens is 2. The van der Waals surface area contributed by atoms with E-state index in [-0.39, 0.29) is 5.91 Å². The number of hydrogen-bond acceptors (Lipinski definition) is 5. The van der Waals surface area contributed by atoms with Gasteiger partial charge in [0.1, 0.15) is 11.4 Å². The summed E-state index contributed by atoms with van der Waals surface area (Å²) >= 11 is 3.50. The quantitative estimate of drug-likeness (QED) is 0.281. The molecule has 5 rings (SSSR count). The third-order valence-electron chi connectivity index (χ3n) is 6.05. The van der Waals surface area contributed by atoms with E-state index in [1.165, 1.54) is 0 Å². The van der Waals surface area contributed by atoms with E-state index in [1.807, 2.05) is 55.5 Å². The fraction of sp³-hybridized carbons (Fsp3) is 0.179. The van der Waals surface area contributed by atoms with Crippen molar-refractivity contribution in [3.05, 3.63) is 99.7 Å². The average molecular weight is 546 g/mol. The lowest BCUT2D eigenvalue weighted by molar-refractivity contribution is 0.0526. The standard InChI is InChI=1S/C28H24BrN3O4/c1-3-35-22-15-9-17(10-16-22)24-23-25(31-30-24)27(33)32(26(23)18-5-11-20(29)12-6-18)21-13-7-19(8-14-21)28(34)36-4-2/h5-16,26H,3-4H2,1-2H3,(H,30,31)/t26-/m1/s1. The maximum Gasteiger partial charge on any atom is 0.338 e. The molecule has 0 saturated carbocycles. The lowest BCUT2D eigenvalue weighted by atomic mass is 9.96. The van der Waals surface area contributed by atoms with Crippen molar-refractivity contribution in [1.82, 2.24) is 10.2 Å². The van der Waals surface area contributed by atoms with Gasteiger partial charge in [-0.15, -0.1) is 0 Å². The first-order valence-corrected chi connectivity index (χ1v) is 12.5. The van der Waals surface area contributed by atoms with E-state index in [2.05, 4.69) is 26.1 Å². The highest BCUT2D eigenvalue weighted by atomic mass is 79.9. The summed E-state index contributed by atoms with van der Waals surface area (Å²) in [5.74, 6) is 0.192. The van der Waals surface area contributed by atoms with Gasteiger partial charge in [0.15, 0.2) is 0 Å². The van der Waals surface area contributed by atoms with E-state index in [4.69, 9.17) is 9.47 Å². The van der Waals surface area contributed by atoms with E-state index in [1.54, 1.807) is 36.1 Å². The Labute approximate surface area is 217 Å². The SMILES string of the molecule is CCOC(=O)c1ccc(N2C(=O)c3[nH]nc(-c4ccc(OCC)cc4)c3[C@H]2c2ccc(Br)cc2)cc1. The molecule has 0 fully saturated rings. The van der Waals surface area contributed by atoms with Crippen molar-refractivity contribution in [2.75, 3.05) is 18.1 Å². The minimum atomic E-state index is -0.408. The number of esters is 1. The largest absolute Gasteiger partial charge is 0.494 e. The Kier molecular flexibility index (Phi) is 6.61. The van der Waals surface area contributed by atoms with Crippen molar-refractivity contribution in [1.29, 1.82) is 0 Å². The Balaban J connectivity index is 1.60. The molecule has 1 aromatic heterocycles. The predicted octanol–water partition coefficient (Wildman–Crippen LogP) is 6.16. The van der Waals surface area contributed by atoms with Gasteiger partial charge in [-0.3, -0.25) is 14.8 Å². The minimum Gasteiger partial charge on any atom is -0.494 e. The number of halogens is 1. The summed E-state index contributed by atoms with van der Waals surface area (Å²) < 4.78 is 11.6. The number of H-pyrrole nitrogens is 1. The summed E-state index contributed by atoms with van der Waals surface area (Å²) in [4.78, 5) is 27.6. The second-order valence-electron chi connectivity index (χ2n) is 8.21. The van der Waals surface area contributed by atoms with Crippen LogP contribution in [0.15, 0.2) is 77.3 Å². The number of nitrogens with zero attached hydrogens (tertiary/aromatic N) is 2. The molecule has 182 valence electrons. The van der Waals surface area contributed by atoms with E-state index >= 15 is 0 Å². The van der Waals surface area contributed by atoms with Gasteiger partial charge in [0.2, 0.25) is 0 Å². The third kappa shape index (κ3) is 4.28. The Morgan fingerprint density at radius 2 is 1.67 bits per heavy atom. The molecule has 8 heteroatoms. The lowest BCUT2D eigenvalue weighted by Gasteiger charge is -2.26. The number of fused-ring (bicyclic) bond motifs is 1. The number of anilines is 1. The van der Waals surface area contributed by atoms with Crippen LogP contribution in [0.2, 0.25) is 0 Å². The molecule has 36 heavy (non-hydrogen) atoms. The first-order valence-electron chi connectivity index (χ1n) is 11.7. The summed E-state index contributed by atoms with van der Waals surface area (Å²) in [6.07, 6.45) is 0. The Bertz CT molecular complexity index is 1400. The van der Waals surface area contributed by atoms with Gasteiger partial charge >= 0.3 is 5.97 Å². The van der Waals surface area contributed by atoms with Crippen molar-refractivity contribution >= 4 is 33.5 Å². The summed E-state index contributed by atoms with van der Waals surface area (Å²) in [6, 6.07) is 22.1. The molecule has 1 aliphatic rings. The zero-order chi connectivity index (χ0) is 25.2. The maximum atomic E-state index is 13.7. The molecule has 1 N–H and O–H groups in total. The van der Waals surface area contributed by atoms with Crippen LogP contribution in [0, 0.1) is 0 Å². The van der Waals surface area contributed by atoms with E-state index in [0.717, 1.165) is 26.9 Å². The molecule has 7 nitrogen and oxygen atoms in total. The van der Waals surface area contributed by atoms with Gasteiger partial charge < -0.3 is 9.47 Å². The van der Waals surface area contributed by atoms with Gasteiger partial charge in [0, 0.05) is 21.3 Å². The number of rotatable bonds is 7. The van der Waals surface area contributed by atoms with Crippen LogP contribution in [-0.2, 0) is 4.74 Å². The average Bonchev–Trinajstić information content (AvgIpc) is 3.44. The first kappa shape index (κ1) is 23.8. The number of amides is 1. The summed E-state index contributed by atoms with van der Waals surface area (Å²) in [7, 11) is 0. The molecule has 2 heterocycles. The van der Waals surface area contributed by atoms with E-state index in [9.17, 15) is 9.59 Å². The number of carbonyl (C=O) groups is 2. The molecular weight excluding hydrogens is 522 g/mol. The van der Waals surface area contributed by atoms with Gasteiger partial charge in [-0.25, -0.2) is 4.79 Å². The monoisotopic (exact) mass is 545 g/mol. The van der Waals surface area contributed by atoms with Crippen molar-refractivity contribution in [3.8, 4) is 17.0 Å². The topological polar surface area (TPSA) is 84.5 Å². The number of hydrogen-bond donors (Lipinski definition) is 1. The molecule has 0 unspecified atom stereocenters. The molecule has 3 aromatic carbocycles. The van der Waals surface area contributed by atoms with Gasteiger partial charge in [-0.2, -0.15) is 5.10 Å². The predicted molar refractivity (Wildman–Crippen MR) is 140 cm³/mol. The number of nitrogens with one attached hydrogen (secondary N) is 1. The normalized spacial score (nSPS) is 14.6. The zero-order valence-electron chi connectivity index (χ0n) is 19.8. The summed E-state index contributed by atoms with van der Waals surface area (Å²) in [5.41, 5.74) is 4.88. The molecule has 1 atom stereocenters. The van der Waals surface area contributed by atoms with Gasteiger partial charge in [-0.05, 0) is 80.1 Å². The number of aromatic amines is 1. The maximum absolute atomic E-state index is 13.7. The van der Waals surface area contributed by atoms with E-state index in [0.29, 0.717) is 35.9 Å². The van der Waals surface area contributed by atoms with Gasteiger partial charge in [0.05, 0.1) is 30.5 Å². The molecule has 1 aliphatic heterocycles. The molecule has 0 radical (unpaired) electrons. The van der Waals surface area contributed by atoms with Crippen LogP contribution in [0.4, 0.5) is 5.69 Å². The van der Waals surface area contributed by atoms with Crippen LogP contribution < -0.4 is 9.64 Å². The van der Waals surface area contributed by atoms with Crippen LogP contribution in [0.25, 0.3) is 11.3 Å². The first-order chi connectivity index (χ1) is 17.5. The lowest BCUT2D eigenvalue weighted by Crippen LogP contribution is -2.29. The third-order valence-corrected chi connectivity index (χ3v) is 6.58. The highest BCUT2D eigenvalue weighted by Crippen LogP contribution is 2.45. The summed E-state index contributed by atoms with van der Waals surface area (Å²) in [5, 5.41) is 7.51. The van der Waals surface area contributed by atoms with Crippen molar-refractivity contribution in [2.24, 2.45) is 0 Å². The molecule has 0 bridgehead atoms. The van der Waals surface area contributed by atoms with Crippen molar-refractivity contribution in [2.45, 2.75) is 19.9 Å². The zero-order valence-corrected chi connectivity index (χ0v) is 21.4. The van der Waals surface area contributed by atoms with Crippen LogP contribution >= 0.6 is 15.9 Å². The smallest absolute Gasteiger partial charge is 0.338 e. The van der Waals surface area contributed by atoms with Crippen LogP contribution in [-0.4, -0.2) is 35.3 Å². The Morgan fingerprint density at radius 1 is 0.972 bits per heavy atom. The van der Waals surface area contributed by atoms with Crippen molar-refractivity contribution in [3.63, 3.8) is 0 Å². The molecule has 0 spiro atoms. The Hall–Kier alpha value is -3.91. The van der Waals surface area contributed by atoms with Crippen LogP contribution in [0.1, 0.15) is 51.9 Å². The minimum absolute atomic E-state index is 0.188. The molecule has 4 aromatic rings. The molecular formula is C28H24BrN3O4. The summed E-state index contributed by atoms with van der Waals surface area (Å²) in [6.45, 7) is 4.59. The van der Waals surface area contributed by atoms with Gasteiger partial charge in [0.25, 0.3) is 5.91 Å². The fourth-order valence-corrected chi connectivity index (χ4v) is 4.71. The molecule has 1 amide bonds. The second kappa shape index (κ2) is 9.99. The Morgan fingerprint density at radius 3 is 2.31 bits per heavy atom. The molecule has 0 aliphatic carbocycles. The highest BCUT2D eigenvalue weighted by molar-refractivity contribution is 9.10. The fourth-order valence-electron chi connectivity index (χ4n) is 4.44. The number of ether oxygens (including phenoxy) is 2. The molecule has 0 saturated heterocycles. The van der Waals surface area contributed by atoms with Crippen LogP contribution in [0.3, 0.4) is 0 Å². The van der Waals surface area contributed by atoms with Crippen LogP contribution in [0.5, 0.6) is 5.75 Å². The second-order valence-corrected chi connectivity index (χ2v) is 9.13. The van der Waals surface area contributed by atoms with E-state index < -0.39 is 12.0 Å². The van der Waals surface area contributed by atoms with Crippen molar-refractivity contribution < 1.29 is 19.1 Å². The number of benzene rings is 3. The highest BCUT2D eigenvalue weighted by Gasteiger charge is 2.43. The number of carbonyl (C=O) groups excluding carboxylic acids is 2. The van der Waals surface area contributed by atoms with Gasteiger partial charge in [-0.1, -0.05) is 28.1 Å².